The predicted molar refractivity (Wildman–Crippen MR) is 341 cm³/mol. The van der Waals surface area contributed by atoms with Crippen LogP contribution in [0.3, 0.4) is 0 Å². The lowest BCUT2D eigenvalue weighted by Crippen LogP contribution is -2.65. The minimum atomic E-state index is -1.79. The molecule has 494 valence electrons. The number of ether oxygens (including phenoxy) is 4. The normalized spacial score (nSPS) is 23.8. The highest BCUT2D eigenvalue weighted by atomic mass is 16.7. The Balaban J connectivity index is 1.68. The van der Waals surface area contributed by atoms with Crippen LogP contribution < -0.4 is 5.32 Å². The summed E-state index contributed by atoms with van der Waals surface area (Å²) in [5.74, 6) is -0.244. The molecule has 1 amide bonds. The van der Waals surface area contributed by atoms with E-state index in [1.54, 1.807) is 6.08 Å². The number of rotatable bonds is 58. The summed E-state index contributed by atoms with van der Waals surface area (Å²) in [6.45, 7) is 2.82. The van der Waals surface area contributed by atoms with Gasteiger partial charge in [0, 0.05) is 6.42 Å². The molecule has 0 aromatic carbocycles. The van der Waals surface area contributed by atoms with Crippen LogP contribution in [-0.4, -0.2) is 140 Å². The van der Waals surface area contributed by atoms with Gasteiger partial charge in [-0.3, -0.25) is 4.79 Å². The van der Waals surface area contributed by atoms with E-state index in [0.717, 1.165) is 32.1 Å². The zero-order valence-corrected chi connectivity index (χ0v) is 53.7. The van der Waals surface area contributed by atoms with Crippen molar-refractivity contribution in [3.05, 3.63) is 36.5 Å². The van der Waals surface area contributed by atoms with Crippen LogP contribution in [0.1, 0.15) is 309 Å². The van der Waals surface area contributed by atoms with Gasteiger partial charge in [0.25, 0.3) is 0 Å². The molecule has 84 heavy (non-hydrogen) atoms. The molecule has 14 heteroatoms. The number of amides is 1. The Morgan fingerprint density at radius 2 is 0.762 bits per heavy atom. The first-order chi connectivity index (χ1) is 41.1. The van der Waals surface area contributed by atoms with Crippen LogP contribution in [0.15, 0.2) is 36.5 Å². The summed E-state index contributed by atoms with van der Waals surface area (Å²) in [6.07, 6.45) is 53.5. The molecule has 12 unspecified atom stereocenters. The number of aliphatic hydroxyl groups is 8. The van der Waals surface area contributed by atoms with E-state index in [0.29, 0.717) is 12.8 Å². The zero-order chi connectivity index (χ0) is 60.9. The van der Waals surface area contributed by atoms with Crippen molar-refractivity contribution in [3.63, 3.8) is 0 Å². The van der Waals surface area contributed by atoms with Gasteiger partial charge in [-0.2, -0.15) is 0 Å². The third-order valence-corrected chi connectivity index (χ3v) is 17.3. The molecule has 0 aliphatic carbocycles. The van der Waals surface area contributed by atoms with Crippen LogP contribution in [0.5, 0.6) is 0 Å². The second-order valence-corrected chi connectivity index (χ2v) is 25.0. The topological polar surface area (TPSA) is 228 Å². The second kappa shape index (κ2) is 55.3. The van der Waals surface area contributed by atoms with Gasteiger partial charge in [-0.25, -0.2) is 0 Å². The summed E-state index contributed by atoms with van der Waals surface area (Å²) < 4.78 is 22.8. The number of hydrogen-bond acceptors (Lipinski definition) is 13. The molecule has 14 nitrogen and oxygen atoms in total. The van der Waals surface area contributed by atoms with Crippen molar-refractivity contribution in [1.29, 1.82) is 0 Å². The van der Waals surface area contributed by atoms with Crippen LogP contribution in [-0.2, 0) is 23.7 Å². The number of nitrogens with one attached hydrogen (secondary N) is 1. The predicted octanol–water partition coefficient (Wildman–Crippen LogP) is 14.1. The summed E-state index contributed by atoms with van der Waals surface area (Å²) in [5.41, 5.74) is 0. The molecule has 2 fully saturated rings. The molecule has 0 saturated carbocycles. The number of carbonyl (C=O) groups excluding carboxylic acids is 1. The first-order valence-corrected chi connectivity index (χ1v) is 35.2. The highest BCUT2D eigenvalue weighted by molar-refractivity contribution is 5.76. The Kier molecular flexibility index (Phi) is 51.5. The van der Waals surface area contributed by atoms with E-state index in [-0.39, 0.29) is 18.9 Å². The van der Waals surface area contributed by atoms with Crippen molar-refractivity contribution in [2.45, 2.75) is 383 Å². The fourth-order valence-electron chi connectivity index (χ4n) is 11.7. The molecule has 0 spiro atoms. The lowest BCUT2D eigenvalue weighted by molar-refractivity contribution is -0.359. The standard InChI is InChI=1S/C70H131NO13/c1-3-5-7-9-11-13-15-17-19-21-23-25-26-27-28-29-30-31-32-34-36-38-40-42-44-46-48-50-52-54-62(75)71-58(59(74)53-51-49-47-45-43-41-39-37-35-33-24-22-20-18-16-14-12-10-8-6-4-2)57-81-69-67(80)65(78)68(61(56-73)83-69)84-70-66(79)64(77)63(76)60(55-72)82-70/h21,23,43,45,51,53,58-61,63-70,72-74,76-80H,3-20,22,24-42,44,46-50,52,54-57H2,1-2H3,(H,71,75)/b23-21-,45-43+,53-51+. The third-order valence-electron chi connectivity index (χ3n) is 17.3. The SMILES string of the molecule is CCCCCCCCCC/C=C\CCCCCCCCCCCCCCCCCCCC(=O)NC(COC1OC(CO)C(OC2OC(CO)C(O)C(O)C2O)C(O)C1O)C(O)/C=C/CC/C=C/CCCCCCCCCCCCCCCCC. The lowest BCUT2D eigenvalue weighted by atomic mass is 9.97. The molecular formula is C70H131NO13. The van der Waals surface area contributed by atoms with Crippen molar-refractivity contribution < 1.29 is 64.6 Å². The Bertz CT molecular complexity index is 1550. The Hall–Kier alpha value is -1.79. The molecule has 9 N–H and O–H groups in total. The van der Waals surface area contributed by atoms with Crippen molar-refractivity contribution in [3.8, 4) is 0 Å². The summed E-state index contributed by atoms with van der Waals surface area (Å²) >= 11 is 0. The summed E-state index contributed by atoms with van der Waals surface area (Å²) in [4.78, 5) is 13.3. The fraction of sp³-hybridized carbons (Fsp3) is 0.900. The van der Waals surface area contributed by atoms with Gasteiger partial charge in [0.15, 0.2) is 12.6 Å². The average molecular weight is 1190 g/mol. The maximum atomic E-state index is 13.3. The Morgan fingerprint density at radius 3 is 1.17 bits per heavy atom. The third kappa shape index (κ3) is 39.3. The van der Waals surface area contributed by atoms with Crippen molar-refractivity contribution in [2.24, 2.45) is 0 Å². The van der Waals surface area contributed by atoms with E-state index in [1.807, 2.05) is 6.08 Å². The number of hydrogen-bond donors (Lipinski definition) is 9. The molecule has 2 aliphatic heterocycles. The molecule has 0 bridgehead atoms. The maximum absolute atomic E-state index is 13.3. The monoisotopic (exact) mass is 1190 g/mol. The number of carbonyl (C=O) groups is 1. The van der Waals surface area contributed by atoms with Crippen molar-refractivity contribution >= 4 is 5.91 Å². The number of allylic oxidation sites excluding steroid dienone is 5. The van der Waals surface area contributed by atoms with Crippen LogP contribution in [0.2, 0.25) is 0 Å². The highest BCUT2D eigenvalue weighted by Crippen LogP contribution is 2.30. The maximum Gasteiger partial charge on any atom is 0.220 e. The highest BCUT2D eigenvalue weighted by Gasteiger charge is 2.51. The number of aliphatic hydroxyl groups excluding tert-OH is 8. The molecule has 2 heterocycles. The van der Waals surface area contributed by atoms with Gasteiger partial charge in [-0.05, 0) is 57.8 Å². The lowest BCUT2D eigenvalue weighted by Gasteiger charge is -2.46. The molecule has 2 rings (SSSR count). The molecule has 2 aliphatic rings. The first-order valence-electron chi connectivity index (χ1n) is 35.2. The smallest absolute Gasteiger partial charge is 0.220 e. The van der Waals surface area contributed by atoms with Crippen LogP contribution in [0.25, 0.3) is 0 Å². The van der Waals surface area contributed by atoms with E-state index < -0.39 is 86.8 Å². The second-order valence-electron chi connectivity index (χ2n) is 25.0. The van der Waals surface area contributed by atoms with Crippen molar-refractivity contribution in [2.75, 3.05) is 19.8 Å². The molecular weight excluding hydrogens is 1060 g/mol. The van der Waals surface area contributed by atoms with Gasteiger partial charge in [-0.15, -0.1) is 0 Å². The summed E-state index contributed by atoms with van der Waals surface area (Å²) in [6, 6.07) is -0.931. The van der Waals surface area contributed by atoms with Gasteiger partial charge >= 0.3 is 0 Å². The minimum absolute atomic E-state index is 0.244. The molecule has 12 atom stereocenters. The molecule has 0 radical (unpaired) electrons. The van der Waals surface area contributed by atoms with Gasteiger partial charge < -0.3 is 65.1 Å². The fourth-order valence-corrected chi connectivity index (χ4v) is 11.7. The largest absolute Gasteiger partial charge is 0.394 e. The van der Waals surface area contributed by atoms with Gasteiger partial charge in [-0.1, -0.05) is 281 Å². The zero-order valence-electron chi connectivity index (χ0n) is 53.7. The van der Waals surface area contributed by atoms with Gasteiger partial charge in [0.05, 0.1) is 32.0 Å². The molecule has 0 aromatic rings. The average Bonchev–Trinajstić information content (AvgIpc) is 3.24. The van der Waals surface area contributed by atoms with Crippen molar-refractivity contribution in [1.82, 2.24) is 5.32 Å². The Labute approximate surface area is 512 Å². The molecule has 0 aromatic heterocycles. The van der Waals surface area contributed by atoms with Crippen LogP contribution in [0, 0.1) is 0 Å². The van der Waals surface area contributed by atoms with E-state index >= 15 is 0 Å². The van der Waals surface area contributed by atoms with Crippen LogP contribution in [0.4, 0.5) is 0 Å². The number of unbranched alkanes of at least 4 members (excludes halogenated alkanes) is 41. The first kappa shape index (κ1) is 78.3. The van der Waals surface area contributed by atoms with E-state index in [2.05, 4.69) is 43.5 Å². The van der Waals surface area contributed by atoms with Crippen LogP contribution >= 0.6 is 0 Å². The summed E-state index contributed by atoms with van der Waals surface area (Å²) in [7, 11) is 0. The summed E-state index contributed by atoms with van der Waals surface area (Å²) in [5, 5.41) is 87.4. The van der Waals surface area contributed by atoms with Gasteiger partial charge in [0.1, 0.15) is 48.8 Å². The quantitative estimate of drug-likeness (QED) is 0.0204. The van der Waals surface area contributed by atoms with E-state index in [1.165, 1.54) is 244 Å². The van der Waals surface area contributed by atoms with E-state index in [9.17, 15) is 45.6 Å². The van der Waals surface area contributed by atoms with Gasteiger partial charge in [0.2, 0.25) is 5.91 Å². The van der Waals surface area contributed by atoms with E-state index in [4.69, 9.17) is 18.9 Å². The molecule has 2 saturated heterocycles. The Morgan fingerprint density at radius 1 is 0.417 bits per heavy atom. The minimum Gasteiger partial charge on any atom is -0.394 e.